The highest BCUT2D eigenvalue weighted by Crippen LogP contribution is 2.38. The molecule has 1 aliphatic rings. The molecule has 2 heterocycles. The maximum Gasteiger partial charge on any atom is 0.265 e. The number of benzene rings is 2. The predicted octanol–water partition coefficient (Wildman–Crippen LogP) is 3.82. The summed E-state index contributed by atoms with van der Waals surface area (Å²) in [6, 6.07) is 9.86. The quantitative estimate of drug-likeness (QED) is 0.524. The number of hydrogen-bond acceptors (Lipinski definition) is 6. The highest BCUT2D eigenvalue weighted by atomic mass is 32.2. The molecule has 11 heteroatoms. The lowest BCUT2D eigenvalue weighted by molar-refractivity contribution is -0.116. The number of amides is 1. The number of anilines is 2. The maximum absolute atomic E-state index is 14.1. The highest BCUT2D eigenvalue weighted by Gasteiger charge is 2.29. The largest absolute Gasteiger partial charge is 0.495 e. The Morgan fingerprint density at radius 1 is 1.18 bits per heavy atom. The Balaban J connectivity index is 1.88. The van der Waals surface area contributed by atoms with Crippen molar-refractivity contribution in [2.45, 2.75) is 37.5 Å². The number of nitrogens with one attached hydrogen (secondary N) is 2. The highest BCUT2D eigenvalue weighted by molar-refractivity contribution is 7.92. The van der Waals surface area contributed by atoms with Gasteiger partial charge < -0.3 is 10.1 Å². The van der Waals surface area contributed by atoms with Gasteiger partial charge in [-0.2, -0.15) is 9.78 Å². The van der Waals surface area contributed by atoms with Gasteiger partial charge in [0.25, 0.3) is 10.0 Å². The van der Waals surface area contributed by atoms with Crippen molar-refractivity contribution in [3.8, 4) is 16.9 Å². The Labute approximate surface area is 196 Å². The second-order valence-electron chi connectivity index (χ2n) is 7.73. The smallest absolute Gasteiger partial charge is 0.265 e. The molecule has 0 fully saturated rings. The van der Waals surface area contributed by atoms with Crippen molar-refractivity contribution >= 4 is 33.3 Å². The van der Waals surface area contributed by atoms with Crippen LogP contribution in [0.1, 0.15) is 36.7 Å². The number of para-hydroxylation sites is 1. The first-order valence-electron chi connectivity index (χ1n) is 10.7. The molecule has 0 atom stereocenters. The summed E-state index contributed by atoms with van der Waals surface area (Å²) in [5.41, 5.74) is 1.20. The molecule has 0 spiro atoms. The maximum atomic E-state index is 14.1. The third kappa shape index (κ3) is 4.38. The number of aromatic nitrogens is 2. The average Bonchev–Trinajstić information content (AvgIpc) is 3.09. The molecule has 1 amide bonds. The molecule has 178 valence electrons. The van der Waals surface area contributed by atoms with Gasteiger partial charge in [0.1, 0.15) is 22.3 Å². The molecule has 2 aromatic carbocycles. The zero-order valence-corrected chi connectivity index (χ0v) is 19.4. The van der Waals surface area contributed by atoms with Crippen LogP contribution >= 0.6 is 0 Å². The first-order chi connectivity index (χ1) is 16.2. The normalized spacial score (nSPS) is 13.7. The zero-order chi connectivity index (χ0) is 24.5. The molecule has 0 unspecified atom stereocenters. The van der Waals surface area contributed by atoms with E-state index in [0.29, 0.717) is 29.7 Å². The second-order valence-corrected chi connectivity index (χ2v) is 9.38. The summed E-state index contributed by atoms with van der Waals surface area (Å²) in [6.45, 7) is 1.94. The number of halogens is 1. The molecule has 0 aliphatic carbocycles. The van der Waals surface area contributed by atoms with E-state index in [-0.39, 0.29) is 46.8 Å². The van der Waals surface area contributed by atoms with E-state index in [2.05, 4.69) is 15.1 Å². The number of aryl methyl sites for hydroxylation is 1. The standard InChI is InChI=1S/C23H23FN4O5S/c1-3-6-17-22(23-25-20(29)11-12-21(30)28(23)26-17)14-9-10-18(33-2)19(13-14)34(31,32)27-16-8-5-4-7-15(16)24/h4-5,7-10,13,27H,3,6,11-12H2,1-2H3,(H,25,29). The summed E-state index contributed by atoms with van der Waals surface area (Å²) in [5.74, 6) is -1.15. The van der Waals surface area contributed by atoms with E-state index in [0.717, 1.165) is 6.07 Å². The van der Waals surface area contributed by atoms with Gasteiger partial charge in [-0.05, 0) is 36.2 Å². The van der Waals surface area contributed by atoms with Crippen molar-refractivity contribution in [3.63, 3.8) is 0 Å². The predicted molar refractivity (Wildman–Crippen MR) is 124 cm³/mol. The van der Waals surface area contributed by atoms with E-state index in [1.165, 1.54) is 42.1 Å². The molecule has 34 heavy (non-hydrogen) atoms. The lowest BCUT2D eigenvalue weighted by Gasteiger charge is -2.14. The molecule has 1 aromatic heterocycles. The Hall–Kier alpha value is -3.73. The average molecular weight is 487 g/mol. The summed E-state index contributed by atoms with van der Waals surface area (Å²) in [7, 11) is -2.94. The fourth-order valence-corrected chi connectivity index (χ4v) is 5.04. The number of ether oxygens (including phenoxy) is 1. The lowest BCUT2D eigenvalue weighted by atomic mass is 10.0. The minimum Gasteiger partial charge on any atom is -0.495 e. The number of methoxy groups -OCH3 is 1. The van der Waals surface area contributed by atoms with Gasteiger partial charge in [-0.3, -0.25) is 14.3 Å². The van der Waals surface area contributed by atoms with Crippen molar-refractivity contribution in [2.75, 3.05) is 17.1 Å². The number of carbonyl (C=O) groups excluding carboxylic acids is 2. The molecule has 0 radical (unpaired) electrons. The lowest BCUT2D eigenvalue weighted by Crippen LogP contribution is -2.15. The molecule has 0 bridgehead atoms. The van der Waals surface area contributed by atoms with Crippen LogP contribution in [0.2, 0.25) is 0 Å². The van der Waals surface area contributed by atoms with Gasteiger partial charge >= 0.3 is 0 Å². The first-order valence-corrected chi connectivity index (χ1v) is 12.1. The van der Waals surface area contributed by atoms with Crippen LogP contribution in [0.4, 0.5) is 15.9 Å². The van der Waals surface area contributed by atoms with Crippen molar-refractivity contribution in [2.24, 2.45) is 0 Å². The summed E-state index contributed by atoms with van der Waals surface area (Å²) in [4.78, 5) is 24.6. The number of nitrogens with zero attached hydrogens (tertiary/aromatic N) is 2. The Morgan fingerprint density at radius 2 is 1.94 bits per heavy atom. The third-order valence-electron chi connectivity index (χ3n) is 5.36. The summed E-state index contributed by atoms with van der Waals surface area (Å²) in [6.07, 6.45) is 1.25. The van der Waals surface area contributed by atoms with E-state index >= 15 is 0 Å². The topological polar surface area (TPSA) is 119 Å². The van der Waals surface area contributed by atoms with Crippen LogP contribution in [0.5, 0.6) is 5.75 Å². The SMILES string of the molecule is CCCc1nn2c(c1-c1ccc(OC)c(S(=O)(=O)Nc3ccccc3F)c1)NC(=O)CCC2=O. The van der Waals surface area contributed by atoms with Gasteiger partial charge in [0.2, 0.25) is 11.8 Å². The number of hydrogen-bond donors (Lipinski definition) is 2. The number of fused-ring (bicyclic) bond motifs is 1. The van der Waals surface area contributed by atoms with Crippen molar-refractivity contribution < 1.29 is 27.1 Å². The van der Waals surface area contributed by atoms with Gasteiger partial charge in [0.05, 0.1) is 18.5 Å². The van der Waals surface area contributed by atoms with E-state index in [1.54, 1.807) is 6.07 Å². The summed E-state index contributed by atoms with van der Waals surface area (Å²) >= 11 is 0. The minimum absolute atomic E-state index is 0.0142. The van der Waals surface area contributed by atoms with Gasteiger partial charge in [0, 0.05) is 18.4 Å². The second kappa shape index (κ2) is 9.26. The van der Waals surface area contributed by atoms with E-state index in [9.17, 15) is 22.4 Å². The fourth-order valence-electron chi connectivity index (χ4n) is 3.78. The van der Waals surface area contributed by atoms with Gasteiger partial charge in [0.15, 0.2) is 0 Å². The monoisotopic (exact) mass is 486 g/mol. The third-order valence-corrected chi connectivity index (χ3v) is 6.75. The van der Waals surface area contributed by atoms with Gasteiger partial charge in [-0.25, -0.2) is 12.8 Å². The molecule has 0 saturated carbocycles. The van der Waals surface area contributed by atoms with E-state index in [4.69, 9.17) is 4.74 Å². The van der Waals surface area contributed by atoms with Crippen LogP contribution in [0.3, 0.4) is 0 Å². The van der Waals surface area contributed by atoms with Crippen LogP contribution < -0.4 is 14.8 Å². The molecule has 0 saturated heterocycles. The van der Waals surface area contributed by atoms with E-state index < -0.39 is 15.8 Å². The van der Waals surface area contributed by atoms with Crippen LogP contribution in [0.15, 0.2) is 47.4 Å². The summed E-state index contributed by atoms with van der Waals surface area (Å²) in [5, 5.41) is 7.14. The molecule has 4 rings (SSSR count). The van der Waals surface area contributed by atoms with Crippen molar-refractivity contribution in [3.05, 3.63) is 54.0 Å². The fraction of sp³-hybridized carbons (Fsp3) is 0.261. The first kappa shape index (κ1) is 23.4. The van der Waals surface area contributed by atoms with Crippen molar-refractivity contribution in [1.29, 1.82) is 0 Å². The Kier molecular flexibility index (Phi) is 6.38. The molecular weight excluding hydrogens is 463 g/mol. The number of rotatable bonds is 7. The van der Waals surface area contributed by atoms with E-state index in [1.807, 2.05) is 6.92 Å². The number of carbonyl (C=O) groups is 2. The molecule has 3 aromatic rings. The molecule has 9 nitrogen and oxygen atoms in total. The van der Waals surface area contributed by atoms with Crippen molar-refractivity contribution in [1.82, 2.24) is 9.78 Å². The molecular formula is C23H23FN4O5S. The minimum atomic E-state index is -4.26. The summed E-state index contributed by atoms with van der Waals surface area (Å²) < 4.78 is 49.2. The Bertz CT molecular complexity index is 1380. The Morgan fingerprint density at radius 3 is 2.65 bits per heavy atom. The van der Waals surface area contributed by atoms with Crippen LogP contribution in [-0.2, 0) is 21.2 Å². The van der Waals surface area contributed by atoms with Crippen LogP contribution in [0, 0.1) is 5.82 Å². The number of sulfonamides is 1. The van der Waals surface area contributed by atoms with Gasteiger partial charge in [-0.15, -0.1) is 0 Å². The molecule has 2 N–H and O–H groups in total. The molecule has 1 aliphatic heterocycles. The zero-order valence-electron chi connectivity index (χ0n) is 18.6. The van der Waals surface area contributed by atoms with Gasteiger partial charge in [-0.1, -0.05) is 31.5 Å². The van der Waals surface area contributed by atoms with Crippen LogP contribution in [0.25, 0.3) is 11.1 Å². The van der Waals surface area contributed by atoms with Crippen LogP contribution in [-0.4, -0.2) is 37.1 Å².